The maximum absolute atomic E-state index is 5.18. The van der Waals surface area contributed by atoms with Crippen molar-refractivity contribution in [3.05, 3.63) is 22.0 Å². The number of hydrogen-bond acceptors (Lipinski definition) is 5. The van der Waals surface area contributed by atoms with Gasteiger partial charge in [0.2, 0.25) is 0 Å². The first kappa shape index (κ1) is 12.7. The van der Waals surface area contributed by atoms with Gasteiger partial charge in [-0.25, -0.2) is 0 Å². The molecule has 2 rings (SSSR count). The van der Waals surface area contributed by atoms with Gasteiger partial charge >= 0.3 is 0 Å². The molecule has 0 radical (unpaired) electrons. The van der Waals surface area contributed by atoms with Gasteiger partial charge in [-0.15, -0.1) is 10.2 Å². The van der Waals surface area contributed by atoms with Crippen LogP contribution in [0, 0.1) is 0 Å². The maximum atomic E-state index is 5.18. The van der Waals surface area contributed by atoms with Crippen LogP contribution in [0.25, 0.3) is 10.6 Å². The highest BCUT2D eigenvalue weighted by atomic mass is 79.9. The van der Waals surface area contributed by atoms with Crippen molar-refractivity contribution in [1.29, 1.82) is 0 Å². The Hall–Kier alpha value is -0.720. The lowest BCUT2D eigenvalue weighted by atomic mass is 10.3. The third-order valence-corrected chi connectivity index (χ3v) is 3.84. The van der Waals surface area contributed by atoms with Crippen molar-refractivity contribution < 1.29 is 4.42 Å². The fraction of sp³-hybridized carbons (Fsp3) is 0.455. The van der Waals surface area contributed by atoms with Crippen LogP contribution in [0.5, 0.6) is 0 Å². The van der Waals surface area contributed by atoms with E-state index in [1.165, 1.54) is 0 Å². The average Bonchev–Trinajstić information content (AvgIpc) is 2.86. The number of nitrogens with one attached hydrogen (secondary N) is 1. The molecule has 4 nitrogen and oxygen atoms in total. The molecule has 6 heteroatoms. The fourth-order valence-corrected chi connectivity index (χ4v) is 2.80. The van der Waals surface area contributed by atoms with Crippen molar-refractivity contribution in [1.82, 2.24) is 15.5 Å². The molecular weight excluding hydrogens is 302 g/mol. The molecule has 0 spiro atoms. The number of nitrogens with zero attached hydrogens (tertiary/aromatic N) is 2. The Balaban J connectivity index is 1.99. The summed E-state index contributed by atoms with van der Waals surface area (Å²) in [6.07, 6.45) is 2.55. The Bertz CT molecular complexity index is 481. The molecule has 0 bridgehead atoms. The summed E-state index contributed by atoms with van der Waals surface area (Å²) in [5.41, 5.74) is 0.963. The molecular formula is C11H14BrN3OS. The maximum Gasteiger partial charge on any atom is 0.179 e. The molecule has 92 valence electrons. The first-order chi connectivity index (χ1) is 8.16. The summed E-state index contributed by atoms with van der Waals surface area (Å²) in [7, 11) is 0. The van der Waals surface area contributed by atoms with Crippen molar-refractivity contribution in [2.75, 3.05) is 6.54 Å². The van der Waals surface area contributed by atoms with Gasteiger partial charge in [-0.1, -0.05) is 25.2 Å². The van der Waals surface area contributed by atoms with Crippen molar-refractivity contribution in [3.8, 4) is 10.6 Å². The van der Waals surface area contributed by atoms with Gasteiger partial charge in [-0.05, 0) is 22.0 Å². The molecule has 2 aromatic rings. The Kier molecular flexibility index (Phi) is 4.31. The van der Waals surface area contributed by atoms with Crippen LogP contribution in [0.4, 0.5) is 0 Å². The molecule has 0 aromatic carbocycles. The van der Waals surface area contributed by atoms with E-state index in [4.69, 9.17) is 4.42 Å². The summed E-state index contributed by atoms with van der Waals surface area (Å²) in [6, 6.07) is 2.39. The lowest BCUT2D eigenvalue weighted by Crippen LogP contribution is -2.24. The number of furan rings is 1. The molecule has 0 aliphatic carbocycles. The second-order valence-corrected chi connectivity index (χ2v) is 5.75. The first-order valence-electron chi connectivity index (χ1n) is 5.46. The van der Waals surface area contributed by atoms with E-state index in [-0.39, 0.29) is 0 Å². The summed E-state index contributed by atoms with van der Waals surface area (Å²) in [6.45, 7) is 5.20. The third-order valence-electron chi connectivity index (χ3n) is 2.21. The molecule has 0 saturated carbocycles. The van der Waals surface area contributed by atoms with Crippen molar-refractivity contribution >= 4 is 27.3 Å². The first-order valence-corrected chi connectivity index (χ1v) is 7.07. The molecule has 0 aliphatic heterocycles. The molecule has 2 heterocycles. The SMILES string of the molecule is CC(C)NCCc1nnc(-c2ccoc2Br)s1. The lowest BCUT2D eigenvalue weighted by Gasteiger charge is -2.04. The predicted octanol–water partition coefficient (Wildman–Crippen LogP) is 3.10. The Morgan fingerprint density at radius 3 is 2.94 bits per heavy atom. The number of aromatic nitrogens is 2. The average molecular weight is 316 g/mol. The number of hydrogen-bond donors (Lipinski definition) is 1. The molecule has 0 saturated heterocycles. The van der Waals surface area contributed by atoms with Gasteiger partial charge < -0.3 is 9.73 Å². The number of rotatable bonds is 5. The van der Waals surface area contributed by atoms with Crippen molar-refractivity contribution in [2.24, 2.45) is 0 Å². The summed E-state index contributed by atoms with van der Waals surface area (Å²) < 4.78 is 5.89. The molecule has 0 atom stereocenters. The zero-order chi connectivity index (χ0) is 12.3. The van der Waals surface area contributed by atoms with E-state index in [2.05, 4.69) is 45.3 Å². The van der Waals surface area contributed by atoms with E-state index in [1.807, 2.05) is 6.07 Å². The van der Waals surface area contributed by atoms with E-state index in [9.17, 15) is 0 Å². The van der Waals surface area contributed by atoms with Gasteiger partial charge in [0.25, 0.3) is 0 Å². The lowest BCUT2D eigenvalue weighted by molar-refractivity contribution is 0.542. The van der Waals surface area contributed by atoms with Gasteiger partial charge in [-0.2, -0.15) is 0 Å². The van der Waals surface area contributed by atoms with Gasteiger partial charge in [0.15, 0.2) is 9.68 Å². The van der Waals surface area contributed by atoms with Crippen molar-refractivity contribution in [3.63, 3.8) is 0 Å². The standard InChI is InChI=1S/C11H14BrN3OS/c1-7(2)13-5-3-9-14-15-11(17-9)8-4-6-16-10(8)12/h4,6-7,13H,3,5H2,1-2H3. The van der Waals surface area contributed by atoms with Crippen LogP contribution in [-0.4, -0.2) is 22.8 Å². The zero-order valence-corrected chi connectivity index (χ0v) is 12.1. The highest BCUT2D eigenvalue weighted by Gasteiger charge is 2.11. The van der Waals surface area contributed by atoms with Crippen LogP contribution < -0.4 is 5.32 Å². The van der Waals surface area contributed by atoms with Crippen LogP contribution in [-0.2, 0) is 6.42 Å². The molecule has 2 aromatic heterocycles. The fourth-order valence-electron chi connectivity index (χ4n) is 1.38. The molecule has 0 unspecified atom stereocenters. The van der Waals surface area contributed by atoms with E-state index in [0.717, 1.165) is 28.5 Å². The smallest absolute Gasteiger partial charge is 0.179 e. The van der Waals surface area contributed by atoms with Crippen LogP contribution in [0.15, 0.2) is 21.4 Å². The van der Waals surface area contributed by atoms with E-state index >= 15 is 0 Å². The summed E-state index contributed by atoms with van der Waals surface area (Å²) >= 11 is 4.95. The highest BCUT2D eigenvalue weighted by Crippen LogP contribution is 2.31. The molecule has 1 N–H and O–H groups in total. The van der Waals surface area contributed by atoms with Gasteiger partial charge in [0.1, 0.15) is 5.01 Å². The van der Waals surface area contributed by atoms with Crippen LogP contribution in [0.3, 0.4) is 0 Å². The van der Waals surface area contributed by atoms with Gasteiger partial charge in [-0.3, -0.25) is 0 Å². The largest absolute Gasteiger partial charge is 0.457 e. The van der Waals surface area contributed by atoms with E-state index in [1.54, 1.807) is 17.6 Å². The molecule has 0 fully saturated rings. The summed E-state index contributed by atoms with van der Waals surface area (Å²) in [4.78, 5) is 0. The highest BCUT2D eigenvalue weighted by molar-refractivity contribution is 9.10. The summed E-state index contributed by atoms with van der Waals surface area (Å²) in [5, 5.41) is 13.6. The minimum absolute atomic E-state index is 0.505. The Labute approximate surface area is 113 Å². The minimum Gasteiger partial charge on any atom is -0.457 e. The normalized spacial score (nSPS) is 11.3. The van der Waals surface area contributed by atoms with Gasteiger partial charge in [0.05, 0.1) is 11.8 Å². The second kappa shape index (κ2) is 5.75. The second-order valence-electron chi connectivity index (χ2n) is 3.97. The monoisotopic (exact) mass is 315 g/mol. The molecule has 0 amide bonds. The van der Waals surface area contributed by atoms with Gasteiger partial charge in [0, 0.05) is 19.0 Å². The summed E-state index contributed by atoms with van der Waals surface area (Å²) in [5.74, 6) is 0. The van der Waals surface area contributed by atoms with E-state index < -0.39 is 0 Å². The quantitative estimate of drug-likeness (QED) is 0.921. The van der Waals surface area contributed by atoms with Crippen molar-refractivity contribution in [2.45, 2.75) is 26.3 Å². The Morgan fingerprint density at radius 2 is 2.29 bits per heavy atom. The van der Waals surface area contributed by atoms with E-state index in [0.29, 0.717) is 10.7 Å². The van der Waals surface area contributed by atoms with Crippen LogP contribution in [0.2, 0.25) is 0 Å². The topological polar surface area (TPSA) is 51.0 Å². The third kappa shape index (κ3) is 3.37. The number of halogens is 1. The predicted molar refractivity (Wildman–Crippen MR) is 72.2 cm³/mol. The van der Waals surface area contributed by atoms with Crippen LogP contribution in [0.1, 0.15) is 18.9 Å². The zero-order valence-electron chi connectivity index (χ0n) is 9.74. The molecule has 17 heavy (non-hydrogen) atoms. The van der Waals surface area contributed by atoms with Crippen LogP contribution >= 0.6 is 27.3 Å². The molecule has 0 aliphatic rings. The minimum atomic E-state index is 0.505. The Morgan fingerprint density at radius 1 is 1.47 bits per heavy atom.